The number of nitrogens with zero attached hydrogens (tertiary/aromatic N) is 8. The molecule has 24 heteroatoms. The number of thioether (sulfide) groups is 1. The molecule has 0 radical (unpaired) electrons. The minimum absolute atomic E-state index is 0.00102. The number of piperazine rings is 4. The second kappa shape index (κ2) is 44.9. The van der Waals surface area contributed by atoms with Crippen LogP contribution in [-0.2, 0) is 19.2 Å². The van der Waals surface area contributed by atoms with Gasteiger partial charge >= 0.3 is 0 Å². The van der Waals surface area contributed by atoms with E-state index >= 15 is 0 Å². The normalized spacial score (nSPS) is 16.7. The number of aromatic amines is 1. The van der Waals surface area contributed by atoms with Crippen LogP contribution in [0.1, 0.15) is 86.7 Å². The van der Waals surface area contributed by atoms with E-state index in [-0.39, 0.29) is 47.8 Å². The highest BCUT2D eigenvalue weighted by molar-refractivity contribution is 8.00. The fourth-order valence-electron chi connectivity index (χ4n) is 16.5. The lowest BCUT2D eigenvalue weighted by Crippen LogP contribution is -2.53. The standard InChI is InChI=1S/C28H25Cl2N3O.C26H23Cl3N2O.C26H26Cl2N2O2.C25H24Cl2N2OS/c1-19-6-12-26(24(30)16-19)33-15-14-32(18-27(33)20-7-10-22(29)11-8-20)28(34)13-9-21-17-31-25-5-3-2-4-23(21)25;1-18-5-11-24(23(29)15-18)31-14-13-30(17-25(31)20-7-9-21(27)10-8-20)26(32)12-6-19-3-2-4-22(28)16-19;1-18-8-13-24(23(28)16-18)30-15-14-29(17-25(30)20-9-11-21(27)12-10-20)26(31)19(2)32-22-6-4-3-5-7-22;1-18-7-12-23(22(27)15-18)29-14-13-28(16-24(29)19-8-10-20(26)11-9-19)25(30)17-31-21-5-3-2-4-6-21/h2-13,16-17,27,31H,14-15,18H2,1H3;2-12,15-16,25H,13-14,17H2,1H3;3-13,16,19,25H,14-15,17H2,1-2H3;2-12,15,24H,13-14,16-17H2,1H3/b13-9+;12-6+;;. The Morgan fingerprint density at radius 1 is 0.380 bits per heavy atom. The zero-order valence-corrected chi connectivity index (χ0v) is 79.6. The topological polar surface area (TPSA) is 119 Å². The molecule has 4 saturated heterocycles. The molecule has 4 aliphatic rings. The van der Waals surface area contributed by atoms with Crippen molar-refractivity contribution in [2.75, 3.05) is 104 Å². The third kappa shape index (κ3) is 25.0. The minimum atomic E-state index is -0.571. The highest BCUT2D eigenvalue weighted by atomic mass is 35.5. The van der Waals surface area contributed by atoms with Crippen molar-refractivity contribution >= 4 is 186 Å². The Balaban J connectivity index is 0.000000139. The number of nitrogens with one attached hydrogen (secondary N) is 1. The summed E-state index contributed by atoms with van der Waals surface area (Å²) in [6.07, 6.45) is 8.33. The number of benzene rings is 12. The van der Waals surface area contributed by atoms with Crippen molar-refractivity contribution in [3.63, 3.8) is 0 Å². The molecule has 14 nitrogen and oxygen atoms in total. The number of carbonyl (C=O) groups excluding carboxylic acids is 4. The summed E-state index contributed by atoms with van der Waals surface area (Å²) in [6.45, 7) is 17.4. The van der Waals surface area contributed by atoms with Gasteiger partial charge in [0.2, 0.25) is 17.7 Å². The first-order valence-corrected chi connectivity index (χ1v) is 47.1. The van der Waals surface area contributed by atoms with E-state index in [4.69, 9.17) is 109 Å². The van der Waals surface area contributed by atoms with Crippen LogP contribution in [0.5, 0.6) is 5.75 Å². The number of amides is 4. The predicted molar refractivity (Wildman–Crippen MR) is 539 cm³/mol. The Bertz CT molecular complexity index is 6100. The van der Waals surface area contributed by atoms with Gasteiger partial charge in [0.1, 0.15) is 5.75 Å². The van der Waals surface area contributed by atoms with E-state index in [0.717, 1.165) is 111 Å². The third-order valence-electron chi connectivity index (χ3n) is 23.3. The molecule has 4 amide bonds. The van der Waals surface area contributed by atoms with Crippen LogP contribution in [0.25, 0.3) is 23.1 Å². The van der Waals surface area contributed by atoms with Crippen molar-refractivity contribution in [1.29, 1.82) is 0 Å². The van der Waals surface area contributed by atoms with Crippen molar-refractivity contribution in [3.05, 3.63) is 398 Å². The lowest BCUT2D eigenvalue weighted by Gasteiger charge is -2.44. The number of H-pyrrole nitrogens is 1. The third-order valence-corrected chi connectivity index (χ3v) is 26.7. The average molecular weight is 1920 g/mol. The zero-order chi connectivity index (χ0) is 90.8. The number of rotatable bonds is 18. The smallest absolute Gasteiger partial charge is 0.263 e. The summed E-state index contributed by atoms with van der Waals surface area (Å²) in [7, 11) is 0. The van der Waals surface area contributed by atoms with E-state index in [1.807, 2.05) is 284 Å². The van der Waals surface area contributed by atoms with E-state index in [0.29, 0.717) is 119 Å². The fourth-order valence-corrected chi connectivity index (χ4v) is 19.4. The van der Waals surface area contributed by atoms with Gasteiger partial charge in [-0.3, -0.25) is 19.2 Å². The number of halogens is 9. The summed E-state index contributed by atoms with van der Waals surface area (Å²) in [6, 6.07) is 90.6. The lowest BCUT2D eigenvalue weighted by atomic mass is 10.0. The summed E-state index contributed by atoms with van der Waals surface area (Å²) >= 11 is 58.6. The highest BCUT2D eigenvalue weighted by Crippen LogP contribution is 2.42. The van der Waals surface area contributed by atoms with Gasteiger partial charge in [-0.2, -0.15) is 0 Å². The van der Waals surface area contributed by atoms with Gasteiger partial charge in [-0.05, 0) is 242 Å². The second-order valence-corrected chi connectivity index (χ2v) is 37.1. The molecule has 5 atom stereocenters. The molecule has 5 unspecified atom stereocenters. The van der Waals surface area contributed by atoms with Crippen LogP contribution in [0.15, 0.2) is 302 Å². The molecule has 1 N–H and O–H groups in total. The predicted octanol–water partition coefficient (Wildman–Crippen LogP) is 26.6. The molecule has 0 bridgehead atoms. The first-order chi connectivity index (χ1) is 62.3. The van der Waals surface area contributed by atoms with Gasteiger partial charge in [-0.15, -0.1) is 11.8 Å². The maximum Gasteiger partial charge on any atom is 0.263 e. The second-order valence-electron chi connectivity index (χ2n) is 32.2. The molecule has 17 rings (SSSR count). The Labute approximate surface area is 805 Å². The molecule has 4 aliphatic heterocycles. The number of aryl methyl sites for hydroxylation is 4. The Hall–Kier alpha value is -10.5. The van der Waals surface area contributed by atoms with E-state index in [9.17, 15) is 19.2 Å². The maximum atomic E-state index is 13.2. The summed E-state index contributed by atoms with van der Waals surface area (Å²) < 4.78 is 5.89. The van der Waals surface area contributed by atoms with Crippen LogP contribution >= 0.6 is 116 Å². The summed E-state index contributed by atoms with van der Waals surface area (Å²) in [5, 5.41) is 7.38. The summed E-state index contributed by atoms with van der Waals surface area (Å²) in [4.78, 5) is 73.5. The molecule has 13 aromatic rings. The Morgan fingerprint density at radius 2 is 0.744 bits per heavy atom. The molecule has 0 spiro atoms. The highest BCUT2D eigenvalue weighted by Gasteiger charge is 2.38. The molecule has 0 aliphatic carbocycles. The summed E-state index contributed by atoms with van der Waals surface area (Å²) in [5.41, 5.74) is 15.7. The Morgan fingerprint density at radius 3 is 1.16 bits per heavy atom. The van der Waals surface area contributed by atoms with Crippen LogP contribution in [0.4, 0.5) is 22.7 Å². The number of carbonyl (C=O) groups is 4. The van der Waals surface area contributed by atoms with Crippen LogP contribution in [0.2, 0.25) is 45.2 Å². The minimum Gasteiger partial charge on any atom is -0.481 e. The van der Waals surface area contributed by atoms with Crippen LogP contribution in [0.3, 0.4) is 0 Å². The SMILES string of the molecule is Cc1ccc(N2CCN(C(=O)/C=C/c3c[nH]c4ccccc34)CC2c2ccc(Cl)cc2)c(Cl)c1.Cc1ccc(N2CCN(C(=O)/C=C/c3cccc(Cl)c3)CC2c2ccc(Cl)cc2)c(Cl)c1.Cc1ccc(N2CCN(C(=O)C(C)Oc3ccccc3)CC2c2ccc(Cl)cc2)c(Cl)c1.Cc1ccc(N2CCN(C(=O)CSc3ccccc3)CC2c2ccc(Cl)cc2)c(Cl)c1. The number of anilines is 4. The van der Waals surface area contributed by atoms with Crippen molar-refractivity contribution in [2.45, 2.75) is 69.8 Å². The average Bonchev–Trinajstić information content (AvgIpc) is 1.55. The van der Waals surface area contributed by atoms with Gasteiger partial charge < -0.3 is 48.9 Å². The van der Waals surface area contributed by atoms with Gasteiger partial charge in [0.05, 0.1) is 72.8 Å². The van der Waals surface area contributed by atoms with Gasteiger partial charge in [0.25, 0.3) is 5.91 Å². The van der Waals surface area contributed by atoms with Crippen LogP contribution < -0.4 is 24.3 Å². The van der Waals surface area contributed by atoms with E-state index in [1.54, 1.807) is 36.9 Å². The van der Waals surface area contributed by atoms with Crippen LogP contribution in [0, 0.1) is 27.7 Å². The van der Waals surface area contributed by atoms with Gasteiger partial charge in [-0.25, -0.2) is 0 Å². The number of fused-ring (bicyclic) bond motifs is 1. The van der Waals surface area contributed by atoms with Crippen molar-refractivity contribution in [2.24, 2.45) is 0 Å². The molecular formula is C105H98Cl9N9O5S. The molecule has 5 heterocycles. The van der Waals surface area contributed by atoms with E-state index < -0.39 is 6.10 Å². The quantitative estimate of drug-likeness (QED) is 0.0657. The number of ether oxygens (including phenoxy) is 1. The molecule has 12 aromatic carbocycles. The Kier molecular flexibility index (Phi) is 32.9. The zero-order valence-electron chi connectivity index (χ0n) is 72.0. The number of hydrogen-bond acceptors (Lipinski definition) is 10. The fraction of sp³-hybridized carbons (Fsp3) is 0.219. The molecule has 662 valence electrons. The first-order valence-electron chi connectivity index (χ1n) is 42.7. The van der Waals surface area contributed by atoms with Gasteiger partial charge in [-0.1, -0.05) is 244 Å². The van der Waals surface area contributed by atoms with Crippen LogP contribution in [-0.4, -0.2) is 139 Å². The molecule has 1 aromatic heterocycles. The molecule has 4 fully saturated rings. The molecular weight excluding hydrogens is 1820 g/mol. The van der Waals surface area contributed by atoms with Crippen molar-refractivity contribution in [3.8, 4) is 5.75 Å². The van der Waals surface area contributed by atoms with E-state index in [1.165, 1.54) is 0 Å². The molecule has 0 saturated carbocycles. The number of aromatic nitrogens is 1. The monoisotopic (exact) mass is 1910 g/mol. The number of hydrogen-bond donors (Lipinski definition) is 1. The first kappa shape index (κ1) is 94.6. The maximum absolute atomic E-state index is 13.2. The van der Waals surface area contributed by atoms with Gasteiger partial charge in [0.15, 0.2) is 6.10 Å². The van der Waals surface area contributed by atoms with Crippen molar-refractivity contribution < 1.29 is 23.9 Å². The van der Waals surface area contributed by atoms with Gasteiger partial charge in [0, 0.05) is 138 Å². The van der Waals surface area contributed by atoms with E-state index in [2.05, 4.69) is 79.2 Å². The van der Waals surface area contributed by atoms with Crippen molar-refractivity contribution in [1.82, 2.24) is 24.6 Å². The largest absolute Gasteiger partial charge is 0.481 e. The molecule has 129 heavy (non-hydrogen) atoms. The summed E-state index contributed by atoms with van der Waals surface area (Å²) in [5.74, 6) is 1.22. The lowest BCUT2D eigenvalue weighted by molar-refractivity contribution is -0.139. The number of para-hydroxylation sites is 2.